The van der Waals surface area contributed by atoms with E-state index >= 15 is 0 Å². The van der Waals surface area contributed by atoms with E-state index in [0.29, 0.717) is 6.42 Å². The number of hydrogen-bond acceptors (Lipinski definition) is 4. The monoisotopic (exact) mass is 662 g/mol. The molecule has 3 unspecified atom stereocenters. The van der Waals surface area contributed by atoms with Gasteiger partial charge in [-0.3, -0.25) is 4.79 Å². The highest BCUT2D eigenvalue weighted by molar-refractivity contribution is 5.76. The molecule has 0 aliphatic rings. The number of amides is 1. The molecule has 0 aromatic carbocycles. The molecule has 0 aromatic heterocycles. The van der Waals surface area contributed by atoms with E-state index in [2.05, 4.69) is 43.5 Å². The molecule has 0 spiro atoms. The van der Waals surface area contributed by atoms with Gasteiger partial charge in [-0.2, -0.15) is 0 Å². The fourth-order valence-electron chi connectivity index (χ4n) is 6.00. The van der Waals surface area contributed by atoms with Gasteiger partial charge in [0.2, 0.25) is 5.91 Å². The second kappa shape index (κ2) is 37.4. The lowest BCUT2D eigenvalue weighted by Gasteiger charge is -2.21. The van der Waals surface area contributed by atoms with E-state index in [1.165, 1.54) is 135 Å². The van der Waals surface area contributed by atoms with Gasteiger partial charge in [-0.05, 0) is 38.5 Å². The van der Waals surface area contributed by atoms with Crippen LogP contribution in [0.2, 0.25) is 0 Å². The summed E-state index contributed by atoms with van der Waals surface area (Å²) in [5, 5.41) is 33.0. The van der Waals surface area contributed by atoms with Crippen molar-refractivity contribution in [3.8, 4) is 0 Å². The van der Waals surface area contributed by atoms with Crippen molar-refractivity contribution in [3.05, 3.63) is 36.5 Å². The number of allylic oxidation sites excluding steroid dienone is 5. The third kappa shape index (κ3) is 34.2. The molecule has 5 nitrogen and oxygen atoms in total. The van der Waals surface area contributed by atoms with Gasteiger partial charge in [-0.15, -0.1) is 0 Å². The fourth-order valence-corrected chi connectivity index (χ4v) is 6.00. The molecule has 47 heavy (non-hydrogen) atoms. The third-order valence-electron chi connectivity index (χ3n) is 9.16. The van der Waals surface area contributed by atoms with Crippen molar-refractivity contribution in [2.45, 2.75) is 218 Å². The van der Waals surface area contributed by atoms with Crippen LogP contribution in [0.3, 0.4) is 0 Å². The van der Waals surface area contributed by atoms with Crippen molar-refractivity contribution in [1.82, 2.24) is 5.32 Å². The molecular weight excluding hydrogens is 582 g/mol. The van der Waals surface area contributed by atoms with Gasteiger partial charge in [0.05, 0.1) is 31.3 Å². The van der Waals surface area contributed by atoms with Crippen molar-refractivity contribution in [1.29, 1.82) is 0 Å². The molecule has 0 rings (SSSR count). The third-order valence-corrected chi connectivity index (χ3v) is 9.16. The minimum Gasteiger partial charge on any atom is -0.394 e. The topological polar surface area (TPSA) is 89.8 Å². The Labute approximate surface area is 292 Å². The zero-order chi connectivity index (χ0) is 34.5. The van der Waals surface area contributed by atoms with E-state index in [4.69, 9.17) is 0 Å². The van der Waals surface area contributed by atoms with E-state index in [0.717, 1.165) is 38.5 Å². The number of carbonyl (C=O) groups is 1. The largest absolute Gasteiger partial charge is 0.394 e. The number of aliphatic hydroxyl groups is 3. The highest BCUT2D eigenvalue weighted by Gasteiger charge is 2.20. The highest BCUT2D eigenvalue weighted by atomic mass is 16.3. The zero-order valence-corrected chi connectivity index (χ0v) is 31.2. The van der Waals surface area contributed by atoms with Gasteiger partial charge in [-0.25, -0.2) is 0 Å². The molecule has 0 aliphatic heterocycles. The Balaban J connectivity index is 3.68. The summed E-state index contributed by atoms with van der Waals surface area (Å²) in [4.78, 5) is 12.4. The van der Waals surface area contributed by atoms with Crippen molar-refractivity contribution >= 4 is 5.91 Å². The highest BCUT2D eigenvalue weighted by Crippen LogP contribution is 2.16. The Hall–Kier alpha value is -1.43. The number of unbranched alkanes of at least 4 members (excludes halogenated alkanes) is 23. The zero-order valence-electron chi connectivity index (χ0n) is 31.2. The van der Waals surface area contributed by atoms with Gasteiger partial charge >= 0.3 is 0 Å². The molecule has 0 saturated carbocycles. The number of nitrogens with one attached hydrogen (secondary N) is 1. The van der Waals surface area contributed by atoms with Crippen LogP contribution in [0.25, 0.3) is 0 Å². The molecule has 0 fully saturated rings. The molecule has 1 amide bonds. The number of aliphatic hydroxyl groups excluding tert-OH is 3. The smallest absolute Gasteiger partial charge is 0.222 e. The first kappa shape index (κ1) is 45.6. The van der Waals surface area contributed by atoms with Gasteiger partial charge < -0.3 is 20.6 Å². The van der Waals surface area contributed by atoms with Crippen LogP contribution >= 0.6 is 0 Å². The number of rotatable bonds is 36. The first-order chi connectivity index (χ1) is 23.0. The molecule has 276 valence electrons. The van der Waals surface area contributed by atoms with Crippen LogP contribution in [-0.4, -0.2) is 46.1 Å². The first-order valence-corrected chi connectivity index (χ1v) is 20.3. The van der Waals surface area contributed by atoms with Gasteiger partial charge in [0.15, 0.2) is 0 Å². The summed E-state index contributed by atoms with van der Waals surface area (Å²) in [5.41, 5.74) is 0. The maximum atomic E-state index is 12.4. The van der Waals surface area contributed by atoms with Crippen molar-refractivity contribution < 1.29 is 20.1 Å². The van der Waals surface area contributed by atoms with Crippen LogP contribution in [0, 0.1) is 0 Å². The minimum atomic E-state index is -0.956. The first-order valence-electron chi connectivity index (χ1n) is 20.3. The predicted octanol–water partition coefficient (Wildman–Crippen LogP) is 11.2. The standard InChI is InChI=1S/C42H79NO4/c1-3-5-7-9-11-13-15-17-18-19-20-21-22-23-24-25-27-29-31-33-35-39(45)37-42(47)43-40(38-44)41(46)36-34-32-30-28-26-16-14-12-10-8-6-4-2/h10,12,26,28,34,36,39-41,44-46H,3-9,11,13-25,27,29-33,35,37-38H2,1-2H3,(H,43,47)/b12-10+,28-26+,36-34+. The van der Waals surface area contributed by atoms with Crippen LogP contribution in [0.5, 0.6) is 0 Å². The average Bonchev–Trinajstić information content (AvgIpc) is 3.06. The van der Waals surface area contributed by atoms with Gasteiger partial charge in [-0.1, -0.05) is 192 Å². The van der Waals surface area contributed by atoms with Crippen LogP contribution in [0.1, 0.15) is 200 Å². The van der Waals surface area contributed by atoms with E-state index in [1.54, 1.807) is 6.08 Å². The average molecular weight is 662 g/mol. The predicted molar refractivity (Wildman–Crippen MR) is 204 cm³/mol. The Morgan fingerprint density at radius 1 is 0.532 bits per heavy atom. The lowest BCUT2D eigenvalue weighted by Crippen LogP contribution is -2.45. The van der Waals surface area contributed by atoms with Gasteiger partial charge in [0.1, 0.15) is 0 Å². The Morgan fingerprint density at radius 3 is 1.34 bits per heavy atom. The van der Waals surface area contributed by atoms with E-state index in [-0.39, 0.29) is 18.9 Å². The molecule has 0 radical (unpaired) electrons. The minimum absolute atomic E-state index is 0.00461. The summed E-state index contributed by atoms with van der Waals surface area (Å²) in [5.74, 6) is -0.330. The fraction of sp³-hybridized carbons (Fsp3) is 0.833. The summed E-state index contributed by atoms with van der Waals surface area (Å²) < 4.78 is 0. The molecule has 0 bridgehead atoms. The Morgan fingerprint density at radius 2 is 0.915 bits per heavy atom. The molecular formula is C42H79NO4. The lowest BCUT2D eigenvalue weighted by molar-refractivity contribution is -0.124. The van der Waals surface area contributed by atoms with Crippen LogP contribution in [0.15, 0.2) is 36.5 Å². The van der Waals surface area contributed by atoms with E-state index in [9.17, 15) is 20.1 Å². The molecule has 0 saturated heterocycles. The van der Waals surface area contributed by atoms with Crippen LogP contribution in [-0.2, 0) is 4.79 Å². The number of hydrogen-bond donors (Lipinski definition) is 4. The van der Waals surface area contributed by atoms with Crippen molar-refractivity contribution in [2.75, 3.05) is 6.61 Å². The molecule has 4 N–H and O–H groups in total. The molecule has 0 aromatic rings. The van der Waals surface area contributed by atoms with Crippen molar-refractivity contribution in [3.63, 3.8) is 0 Å². The molecule has 0 aliphatic carbocycles. The summed E-state index contributed by atoms with van der Waals surface area (Å²) in [6.07, 6.45) is 45.7. The summed E-state index contributed by atoms with van der Waals surface area (Å²) in [6, 6.07) is -0.763. The van der Waals surface area contributed by atoms with E-state index in [1.807, 2.05) is 6.08 Å². The Kier molecular flexibility index (Phi) is 36.3. The second-order valence-electron chi connectivity index (χ2n) is 13.9. The quantitative estimate of drug-likeness (QED) is 0.0397. The van der Waals surface area contributed by atoms with Crippen LogP contribution in [0.4, 0.5) is 0 Å². The second-order valence-corrected chi connectivity index (χ2v) is 13.9. The van der Waals surface area contributed by atoms with Crippen molar-refractivity contribution in [2.24, 2.45) is 0 Å². The van der Waals surface area contributed by atoms with E-state index < -0.39 is 18.2 Å². The summed E-state index contributed by atoms with van der Waals surface area (Å²) in [7, 11) is 0. The van der Waals surface area contributed by atoms with Crippen LogP contribution < -0.4 is 5.32 Å². The SMILES string of the molecule is CCCC/C=C/CC/C=C/CC/C=C/C(O)C(CO)NC(=O)CC(O)CCCCCCCCCCCCCCCCCCCCCC. The molecule has 3 atom stereocenters. The summed E-state index contributed by atoms with van der Waals surface area (Å²) in [6.45, 7) is 4.14. The Bertz CT molecular complexity index is 734. The maximum Gasteiger partial charge on any atom is 0.222 e. The molecule has 0 heterocycles. The molecule has 5 heteroatoms. The summed E-state index contributed by atoms with van der Waals surface area (Å²) >= 11 is 0. The number of carbonyl (C=O) groups excluding carboxylic acids is 1. The maximum absolute atomic E-state index is 12.4. The normalized spacial score (nSPS) is 14.1. The lowest BCUT2D eigenvalue weighted by atomic mass is 10.0. The van der Waals surface area contributed by atoms with Gasteiger partial charge in [0, 0.05) is 0 Å². The van der Waals surface area contributed by atoms with Gasteiger partial charge in [0.25, 0.3) is 0 Å².